The van der Waals surface area contributed by atoms with Crippen LogP contribution in [0.15, 0.2) is 119 Å². The van der Waals surface area contributed by atoms with Crippen molar-refractivity contribution in [1.82, 2.24) is 10.0 Å². The maximum atomic E-state index is 12.6. The van der Waals surface area contributed by atoms with E-state index in [0.717, 1.165) is 38.9 Å². The number of furan rings is 1. The highest BCUT2D eigenvalue weighted by Crippen LogP contribution is 2.27. The number of rotatable bonds is 7. The molecule has 1 heterocycles. The first-order valence-electron chi connectivity index (χ1n) is 11.3. The molecule has 6 nitrogen and oxygen atoms in total. The van der Waals surface area contributed by atoms with Gasteiger partial charge in [0, 0.05) is 10.3 Å². The fourth-order valence-electron chi connectivity index (χ4n) is 3.63. The molecule has 178 valence electrons. The summed E-state index contributed by atoms with van der Waals surface area (Å²) in [6, 6.07) is 33.8. The molecule has 0 aliphatic heterocycles. The summed E-state index contributed by atoms with van der Waals surface area (Å²) in [5.41, 5.74) is 3.72. The zero-order chi connectivity index (χ0) is 24.7. The van der Waals surface area contributed by atoms with Gasteiger partial charge in [-0.15, -0.1) is 0 Å². The van der Waals surface area contributed by atoms with Crippen LogP contribution in [0.5, 0.6) is 5.75 Å². The predicted molar refractivity (Wildman–Crippen MR) is 141 cm³/mol. The molecular weight excluding hydrogens is 472 g/mol. The number of hydrogen-bond acceptors (Lipinski definition) is 5. The second-order valence-corrected chi connectivity index (χ2v) is 8.85. The maximum absolute atomic E-state index is 12.6. The molecule has 7 heteroatoms. The number of nitrogens with one attached hydrogen (secondary N) is 2. The van der Waals surface area contributed by atoms with Crippen molar-refractivity contribution in [2.45, 2.75) is 11.5 Å². The van der Waals surface area contributed by atoms with Crippen molar-refractivity contribution in [2.24, 2.45) is 0 Å². The van der Waals surface area contributed by atoms with E-state index in [1.807, 2.05) is 103 Å². The third-order valence-electron chi connectivity index (χ3n) is 5.39. The van der Waals surface area contributed by atoms with Crippen molar-refractivity contribution in [3.05, 3.63) is 121 Å². The molecule has 0 spiro atoms. The van der Waals surface area contributed by atoms with Gasteiger partial charge in [0.25, 0.3) is 5.91 Å². The molecule has 36 heavy (non-hydrogen) atoms. The number of hydrogen-bond donors (Lipinski definition) is 2. The van der Waals surface area contributed by atoms with Gasteiger partial charge in [0.1, 0.15) is 17.9 Å². The van der Waals surface area contributed by atoms with Crippen LogP contribution in [0.2, 0.25) is 0 Å². The minimum absolute atomic E-state index is 0.0617. The molecule has 0 saturated heterocycles. The largest absolute Gasteiger partial charge is 0.489 e. The summed E-state index contributed by atoms with van der Waals surface area (Å²) < 4.78 is 14.1. The van der Waals surface area contributed by atoms with Gasteiger partial charge in [-0.25, -0.2) is 4.79 Å². The van der Waals surface area contributed by atoms with Crippen molar-refractivity contribution >= 4 is 34.9 Å². The lowest BCUT2D eigenvalue weighted by Gasteiger charge is -2.08. The van der Waals surface area contributed by atoms with Crippen LogP contribution in [0.1, 0.15) is 16.1 Å². The van der Waals surface area contributed by atoms with Gasteiger partial charge in [0.05, 0.1) is 0 Å². The number of carbonyl (C=O) groups excluding carboxylic acids is 2. The Kier molecular flexibility index (Phi) is 7.00. The van der Waals surface area contributed by atoms with E-state index in [4.69, 9.17) is 9.15 Å². The molecule has 0 fully saturated rings. The predicted octanol–water partition coefficient (Wildman–Crippen LogP) is 6.83. The van der Waals surface area contributed by atoms with Crippen LogP contribution in [0.25, 0.3) is 22.1 Å². The molecule has 0 radical (unpaired) electrons. The molecule has 0 bridgehead atoms. The quantitative estimate of drug-likeness (QED) is 0.243. The molecule has 0 saturated carbocycles. The zero-order valence-electron chi connectivity index (χ0n) is 19.1. The Morgan fingerprint density at radius 2 is 1.56 bits per heavy atom. The summed E-state index contributed by atoms with van der Waals surface area (Å²) >= 11 is 1.08. The molecule has 2 N–H and O–H groups in total. The number of imide groups is 1. The highest BCUT2D eigenvalue weighted by Gasteiger charge is 2.16. The highest BCUT2D eigenvalue weighted by molar-refractivity contribution is 7.98. The average Bonchev–Trinajstić information content (AvgIpc) is 3.36. The Balaban J connectivity index is 1.16. The molecule has 5 rings (SSSR count). The van der Waals surface area contributed by atoms with Gasteiger partial charge >= 0.3 is 6.03 Å². The Hall–Kier alpha value is -4.49. The van der Waals surface area contributed by atoms with Crippen molar-refractivity contribution in [3.8, 4) is 16.9 Å². The minimum atomic E-state index is -0.647. The maximum Gasteiger partial charge on any atom is 0.332 e. The normalized spacial score (nSPS) is 10.7. The molecule has 0 atom stereocenters. The summed E-state index contributed by atoms with van der Waals surface area (Å²) in [5.74, 6) is 0.122. The second-order valence-electron chi connectivity index (χ2n) is 7.97. The standard InChI is InChI=1S/C29H22N2O4S/c32-28(27-17-23-16-22(14-15-26(23)35-27)21-10-5-2-6-11-21)30-29(33)31-36-25-13-7-12-24(18-25)34-19-20-8-3-1-4-9-20/h1-18H,19H2,(H2,30,31,32,33). The average molecular weight is 495 g/mol. The molecule has 5 aromatic rings. The monoisotopic (exact) mass is 494 g/mol. The van der Waals surface area contributed by atoms with Gasteiger partial charge in [-0.3, -0.25) is 14.8 Å². The molecule has 0 aliphatic rings. The molecular formula is C29H22N2O4S. The summed E-state index contributed by atoms with van der Waals surface area (Å²) in [6.45, 7) is 0.446. The molecule has 0 unspecified atom stereocenters. The highest BCUT2D eigenvalue weighted by atomic mass is 32.2. The van der Waals surface area contributed by atoms with E-state index in [2.05, 4.69) is 10.0 Å². The number of amides is 3. The van der Waals surface area contributed by atoms with Gasteiger partial charge in [-0.1, -0.05) is 72.8 Å². The first kappa shape index (κ1) is 23.3. The minimum Gasteiger partial charge on any atom is -0.489 e. The smallest absolute Gasteiger partial charge is 0.332 e. The lowest BCUT2D eigenvalue weighted by Crippen LogP contribution is -2.36. The Morgan fingerprint density at radius 3 is 2.36 bits per heavy atom. The molecule has 1 aromatic heterocycles. The third kappa shape index (κ3) is 5.76. The van der Waals surface area contributed by atoms with E-state index < -0.39 is 11.9 Å². The van der Waals surface area contributed by atoms with Crippen molar-refractivity contribution in [2.75, 3.05) is 0 Å². The van der Waals surface area contributed by atoms with Gasteiger partial charge in [-0.2, -0.15) is 0 Å². The van der Waals surface area contributed by atoms with E-state index in [1.54, 1.807) is 6.07 Å². The lowest BCUT2D eigenvalue weighted by atomic mass is 10.0. The van der Waals surface area contributed by atoms with E-state index in [0.29, 0.717) is 17.9 Å². The van der Waals surface area contributed by atoms with Gasteiger partial charge in [0.15, 0.2) is 5.76 Å². The fraction of sp³-hybridized carbons (Fsp3) is 0.0345. The van der Waals surface area contributed by atoms with Crippen molar-refractivity contribution < 1.29 is 18.7 Å². The summed E-state index contributed by atoms with van der Waals surface area (Å²) in [5, 5.41) is 3.08. The lowest BCUT2D eigenvalue weighted by molar-refractivity contribution is 0.0940. The van der Waals surface area contributed by atoms with E-state index in [1.165, 1.54) is 0 Å². The van der Waals surface area contributed by atoms with Crippen LogP contribution in [0.3, 0.4) is 0 Å². The van der Waals surface area contributed by atoms with Gasteiger partial charge in [-0.05, 0) is 65.0 Å². The summed E-state index contributed by atoms with van der Waals surface area (Å²) in [7, 11) is 0. The van der Waals surface area contributed by atoms with Crippen LogP contribution >= 0.6 is 11.9 Å². The molecule has 4 aromatic carbocycles. The van der Waals surface area contributed by atoms with Crippen molar-refractivity contribution in [3.63, 3.8) is 0 Å². The number of ether oxygens (including phenoxy) is 1. The SMILES string of the molecule is O=C(NSc1cccc(OCc2ccccc2)c1)NC(=O)c1cc2cc(-c3ccccc3)ccc2o1. The number of urea groups is 1. The first-order chi connectivity index (χ1) is 17.6. The van der Waals surface area contributed by atoms with Crippen LogP contribution in [-0.4, -0.2) is 11.9 Å². The summed E-state index contributed by atoms with van der Waals surface area (Å²) in [4.78, 5) is 25.6. The first-order valence-corrected chi connectivity index (χ1v) is 12.1. The number of carbonyl (C=O) groups is 2. The topological polar surface area (TPSA) is 80.6 Å². The third-order valence-corrected chi connectivity index (χ3v) is 6.17. The van der Waals surface area contributed by atoms with Crippen LogP contribution in [0, 0.1) is 0 Å². The second kappa shape index (κ2) is 10.8. The fourth-order valence-corrected chi connectivity index (χ4v) is 4.21. The van der Waals surface area contributed by atoms with Crippen molar-refractivity contribution in [1.29, 1.82) is 0 Å². The van der Waals surface area contributed by atoms with Crippen LogP contribution in [-0.2, 0) is 6.61 Å². The van der Waals surface area contributed by atoms with E-state index in [-0.39, 0.29) is 5.76 Å². The zero-order valence-corrected chi connectivity index (χ0v) is 20.0. The van der Waals surface area contributed by atoms with Crippen LogP contribution < -0.4 is 14.8 Å². The van der Waals surface area contributed by atoms with Gasteiger partial charge < -0.3 is 9.15 Å². The van der Waals surface area contributed by atoms with Gasteiger partial charge in [0.2, 0.25) is 0 Å². The Bertz CT molecular complexity index is 1500. The Morgan fingerprint density at radius 1 is 0.778 bits per heavy atom. The number of benzene rings is 4. The number of fused-ring (bicyclic) bond motifs is 1. The molecule has 3 amide bonds. The Labute approximate surface area is 212 Å². The summed E-state index contributed by atoms with van der Waals surface area (Å²) in [6.07, 6.45) is 0. The van der Waals surface area contributed by atoms with Crippen LogP contribution in [0.4, 0.5) is 4.79 Å². The van der Waals surface area contributed by atoms with E-state index in [9.17, 15) is 9.59 Å². The van der Waals surface area contributed by atoms with E-state index >= 15 is 0 Å². The molecule has 0 aliphatic carbocycles.